The Morgan fingerprint density at radius 3 is 2.48 bits per heavy atom. The fourth-order valence-corrected chi connectivity index (χ4v) is 3.45. The molecule has 1 atom stereocenters. The second-order valence-electron chi connectivity index (χ2n) is 8.30. The number of likely N-dealkylation sites (tertiary alicyclic amines) is 1. The second kappa shape index (κ2) is 7.85. The summed E-state index contributed by atoms with van der Waals surface area (Å²) in [6.07, 6.45) is 3.01. The van der Waals surface area contributed by atoms with Gasteiger partial charge < -0.3 is 20.0 Å². The number of amides is 1. The van der Waals surface area contributed by atoms with Gasteiger partial charge in [0.05, 0.1) is 17.7 Å². The lowest BCUT2D eigenvalue weighted by Crippen LogP contribution is -2.54. The molecule has 0 saturated carbocycles. The van der Waals surface area contributed by atoms with E-state index in [2.05, 4.69) is 0 Å². The minimum atomic E-state index is -0.829. The normalized spacial score (nSPS) is 21.6. The SMILES string of the molecule is CN(C)C[C@@]1(O)CCCN(C(=O)c2ccc(CCC(C)(C)O)cc2)C1. The van der Waals surface area contributed by atoms with Crippen LogP contribution in [0.5, 0.6) is 0 Å². The summed E-state index contributed by atoms with van der Waals surface area (Å²) in [5, 5.41) is 20.6. The van der Waals surface area contributed by atoms with E-state index >= 15 is 0 Å². The largest absolute Gasteiger partial charge is 0.390 e. The maximum absolute atomic E-state index is 12.8. The molecule has 1 aromatic rings. The molecule has 0 aliphatic carbocycles. The predicted molar refractivity (Wildman–Crippen MR) is 99.7 cm³/mol. The van der Waals surface area contributed by atoms with Crippen LogP contribution in [0.4, 0.5) is 0 Å². The zero-order chi connectivity index (χ0) is 18.7. The minimum Gasteiger partial charge on any atom is -0.390 e. The highest BCUT2D eigenvalue weighted by atomic mass is 16.3. The second-order valence-corrected chi connectivity index (χ2v) is 8.30. The molecule has 1 fully saturated rings. The van der Waals surface area contributed by atoms with Gasteiger partial charge in [0, 0.05) is 18.7 Å². The van der Waals surface area contributed by atoms with Crippen LogP contribution in [0.1, 0.15) is 49.0 Å². The molecular formula is C20H32N2O3. The van der Waals surface area contributed by atoms with E-state index in [0.717, 1.165) is 24.8 Å². The van der Waals surface area contributed by atoms with Crippen LogP contribution in [0.25, 0.3) is 0 Å². The van der Waals surface area contributed by atoms with E-state index in [1.165, 1.54) is 0 Å². The highest BCUT2D eigenvalue weighted by Gasteiger charge is 2.35. The summed E-state index contributed by atoms with van der Waals surface area (Å²) in [6, 6.07) is 7.60. The van der Waals surface area contributed by atoms with Crippen LogP contribution in [0.3, 0.4) is 0 Å². The molecule has 1 amide bonds. The van der Waals surface area contributed by atoms with Crippen molar-refractivity contribution in [1.29, 1.82) is 0 Å². The van der Waals surface area contributed by atoms with E-state index in [1.54, 1.807) is 18.7 Å². The Morgan fingerprint density at radius 1 is 1.28 bits per heavy atom. The highest BCUT2D eigenvalue weighted by molar-refractivity contribution is 5.94. The topological polar surface area (TPSA) is 64.0 Å². The first-order valence-corrected chi connectivity index (χ1v) is 9.06. The van der Waals surface area contributed by atoms with E-state index < -0.39 is 11.2 Å². The number of carbonyl (C=O) groups is 1. The van der Waals surface area contributed by atoms with Gasteiger partial charge in [-0.2, -0.15) is 0 Å². The van der Waals surface area contributed by atoms with Gasteiger partial charge >= 0.3 is 0 Å². The summed E-state index contributed by atoms with van der Waals surface area (Å²) in [6.45, 7) is 5.23. The molecule has 1 aliphatic heterocycles. The smallest absolute Gasteiger partial charge is 0.253 e. The van der Waals surface area contributed by atoms with Gasteiger partial charge in [0.1, 0.15) is 0 Å². The molecule has 1 aromatic carbocycles. The molecule has 2 rings (SSSR count). The lowest BCUT2D eigenvalue weighted by molar-refractivity contribution is -0.0391. The third kappa shape index (κ3) is 6.10. The number of aryl methyl sites for hydroxylation is 1. The summed E-state index contributed by atoms with van der Waals surface area (Å²) in [5.41, 5.74) is 0.256. The van der Waals surface area contributed by atoms with Crippen molar-refractivity contribution in [1.82, 2.24) is 9.80 Å². The van der Waals surface area contributed by atoms with E-state index in [-0.39, 0.29) is 5.91 Å². The average molecular weight is 348 g/mol. The van der Waals surface area contributed by atoms with Gasteiger partial charge in [-0.25, -0.2) is 0 Å². The summed E-state index contributed by atoms with van der Waals surface area (Å²) in [4.78, 5) is 16.5. The molecule has 25 heavy (non-hydrogen) atoms. The number of rotatable bonds is 6. The average Bonchev–Trinajstić information content (AvgIpc) is 2.51. The summed E-state index contributed by atoms with van der Waals surface area (Å²) in [5.74, 6) is -0.0223. The molecule has 0 bridgehead atoms. The van der Waals surface area contributed by atoms with E-state index in [1.807, 2.05) is 43.3 Å². The minimum absolute atomic E-state index is 0.0223. The Bertz CT molecular complexity index is 578. The molecule has 0 radical (unpaired) electrons. The van der Waals surface area contributed by atoms with E-state index in [0.29, 0.717) is 31.6 Å². The summed E-state index contributed by atoms with van der Waals surface area (Å²) < 4.78 is 0. The quantitative estimate of drug-likeness (QED) is 0.824. The van der Waals surface area contributed by atoms with Crippen molar-refractivity contribution >= 4 is 5.91 Å². The fraction of sp³-hybridized carbons (Fsp3) is 0.650. The number of likely N-dealkylation sites (N-methyl/N-ethyl adjacent to an activating group) is 1. The zero-order valence-electron chi connectivity index (χ0n) is 16.0. The molecule has 5 heteroatoms. The summed E-state index contributed by atoms with van der Waals surface area (Å²) in [7, 11) is 3.87. The van der Waals surface area contributed by atoms with Crippen molar-refractivity contribution in [3.8, 4) is 0 Å². The molecule has 0 unspecified atom stereocenters. The van der Waals surface area contributed by atoms with Crippen molar-refractivity contribution in [3.05, 3.63) is 35.4 Å². The first-order valence-electron chi connectivity index (χ1n) is 9.06. The molecule has 1 heterocycles. The number of aliphatic hydroxyl groups is 2. The standard InChI is InChI=1S/C20H32N2O3/c1-19(2,24)12-10-16-6-8-17(9-7-16)18(23)22-13-5-11-20(25,15-22)14-21(3)4/h6-9,24-25H,5,10-15H2,1-4H3/t20-/m0/s1. The Hall–Kier alpha value is -1.43. The van der Waals surface area contributed by atoms with Crippen LogP contribution in [0.15, 0.2) is 24.3 Å². The van der Waals surface area contributed by atoms with E-state index in [4.69, 9.17) is 0 Å². The van der Waals surface area contributed by atoms with Gasteiger partial charge in [0.2, 0.25) is 0 Å². The summed E-state index contributed by atoms with van der Waals surface area (Å²) >= 11 is 0. The van der Waals surface area contributed by atoms with Crippen LogP contribution < -0.4 is 0 Å². The molecule has 1 saturated heterocycles. The lowest BCUT2D eigenvalue weighted by Gasteiger charge is -2.40. The monoisotopic (exact) mass is 348 g/mol. The molecule has 1 aliphatic rings. The number of hydrogen-bond acceptors (Lipinski definition) is 4. The fourth-order valence-electron chi connectivity index (χ4n) is 3.45. The van der Waals surface area contributed by atoms with Gasteiger partial charge in [-0.05, 0) is 71.3 Å². The van der Waals surface area contributed by atoms with Crippen molar-refractivity contribution < 1.29 is 15.0 Å². The molecule has 2 N–H and O–H groups in total. The van der Waals surface area contributed by atoms with Crippen molar-refractivity contribution in [2.45, 2.75) is 50.7 Å². The highest BCUT2D eigenvalue weighted by Crippen LogP contribution is 2.23. The van der Waals surface area contributed by atoms with Gasteiger partial charge in [-0.1, -0.05) is 12.1 Å². The van der Waals surface area contributed by atoms with Crippen LogP contribution in [0.2, 0.25) is 0 Å². The molecule has 0 spiro atoms. The van der Waals surface area contributed by atoms with Gasteiger partial charge in [-0.15, -0.1) is 0 Å². The van der Waals surface area contributed by atoms with Crippen LogP contribution in [-0.2, 0) is 6.42 Å². The third-order valence-corrected chi connectivity index (χ3v) is 4.68. The van der Waals surface area contributed by atoms with Crippen molar-refractivity contribution in [2.24, 2.45) is 0 Å². The Kier molecular flexibility index (Phi) is 6.25. The first-order chi connectivity index (χ1) is 11.6. The van der Waals surface area contributed by atoms with Gasteiger partial charge in [0.15, 0.2) is 0 Å². The van der Waals surface area contributed by atoms with Gasteiger partial charge in [-0.3, -0.25) is 4.79 Å². The van der Waals surface area contributed by atoms with Crippen molar-refractivity contribution in [2.75, 3.05) is 33.7 Å². The molecule has 0 aromatic heterocycles. The number of hydrogen-bond donors (Lipinski definition) is 2. The van der Waals surface area contributed by atoms with Crippen LogP contribution >= 0.6 is 0 Å². The maximum atomic E-state index is 12.8. The predicted octanol–water partition coefficient (Wildman–Crippen LogP) is 1.92. The van der Waals surface area contributed by atoms with Crippen LogP contribution in [-0.4, -0.2) is 70.9 Å². The first kappa shape index (κ1) is 19.9. The number of nitrogens with zero attached hydrogens (tertiary/aromatic N) is 2. The number of benzene rings is 1. The number of carbonyl (C=O) groups excluding carboxylic acids is 1. The molecular weight excluding hydrogens is 316 g/mol. The van der Waals surface area contributed by atoms with Crippen molar-refractivity contribution in [3.63, 3.8) is 0 Å². The van der Waals surface area contributed by atoms with Crippen LogP contribution in [0, 0.1) is 0 Å². The number of piperidine rings is 1. The van der Waals surface area contributed by atoms with E-state index in [9.17, 15) is 15.0 Å². The zero-order valence-corrected chi connectivity index (χ0v) is 16.0. The third-order valence-electron chi connectivity index (χ3n) is 4.68. The molecule has 140 valence electrons. The Labute approximate surface area is 151 Å². The Morgan fingerprint density at radius 2 is 1.92 bits per heavy atom. The molecule has 5 nitrogen and oxygen atoms in total. The maximum Gasteiger partial charge on any atom is 0.253 e. The Balaban J connectivity index is 2.00. The van der Waals surface area contributed by atoms with Gasteiger partial charge in [0.25, 0.3) is 5.91 Å². The number of β-amino-alcohol motifs (C(OH)–C–C–N with tert-alkyl or cyclic N) is 1. The lowest BCUT2D eigenvalue weighted by atomic mass is 9.91.